The predicted octanol–water partition coefficient (Wildman–Crippen LogP) is 2.71. The Morgan fingerprint density at radius 3 is 2.23 bits per heavy atom. The number of β-lactam (4-membered cyclic amide) rings is 1. The zero-order valence-corrected chi connectivity index (χ0v) is 17.2. The van der Waals surface area contributed by atoms with E-state index in [1.165, 1.54) is 4.90 Å². The van der Waals surface area contributed by atoms with Gasteiger partial charge in [0.1, 0.15) is 12.0 Å². The van der Waals surface area contributed by atoms with E-state index in [1.807, 2.05) is 66.7 Å². The minimum absolute atomic E-state index is 0.216. The highest BCUT2D eigenvalue weighted by Crippen LogP contribution is 2.30. The Kier molecular flexibility index (Phi) is 5.95. The van der Waals surface area contributed by atoms with Crippen LogP contribution in [0.2, 0.25) is 0 Å². The van der Waals surface area contributed by atoms with E-state index in [1.54, 1.807) is 19.3 Å². The van der Waals surface area contributed by atoms with Gasteiger partial charge in [0.05, 0.1) is 12.0 Å². The van der Waals surface area contributed by atoms with Gasteiger partial charge < -0.3 is 11.1 Å². The van der Waals surface area contributed by atoms with E-state index < -0.39 is 12.2 Å². The van der Waals surface area contributed by atoms with Gasteiger partial charge in [-0.15, -0.1) is 0 Å². The summed E-state index contributed by atoms with van der Waals surface area (Å²) in [4.78, 5) is 31.3. The second-order valence-corrected chi connectivity index (χ2v) is 7.55. The summed E-state index contributed by atoms with van der Waals surface area (Å²) in [7, 11) is 1.75. The standard InChI is InChI=1S/C24H25N5O2/c1-26-22-19(14-16-12-13-27-20(25)15-16)23(30)29(22)24(31)28-21(17-8-4-2-5-9-17)18-10-6-3-7-11-18/h2-13,15,19,21-22,26H,14H2,1H3,(H2,25,27)(H,28,31). The first-order valence-corrected chi connectivity index (χ1v) is 10.2. The molecule has 7 nitrogen and oxygen atoms in total. The molecule has 2 unspecified atom stereocenters. The molecule has 2 atom stereocenters. The van der Waals surface area contributed by atoms with Crippen molar-refractivity contribution in [2.45, 2.75) is 18.6 Å². The zero-order valence-electron chi connectivity index (χ0n) is 17.2. The van der Waals surface area contributed by atoms with E-state index in [4.69, 9.17) is 5.73 Å². The molecule has 1 saturated heterocycles. The number of benzene rings is 2. The molecule has 4 rings (SSSR count). The van der Waals surface area contributed by atoms with Crippen LogP contribution in [0.1, 0.15) is 22.7 Å². The van der Waals surface area contributed by atoms with Gasteiger partial charge in [-0.25, -0.2) is 14.7 Å². The van der Waals surface area contributed by atoms with Crippen molar-refractivity contribution in [2.75, 3.05) is 12.8 Å². The van der Waals surface area contributed by atoms with Crippen molar-refractivity contribution in [3.05, 3.63) is 95.7 Å². The molecule has 31 heavy (non-hydrogen) atoms. The summed E-state index contributed by atoms with van der Waals surface area (Å²) in [6, 6.07) is 22.2. The molecule has 2 aromatic carbocycles. The largest absolute Gasteiger partial charge is 0.384 e. The van der Waals surface area contributed by atoms with Crippen LogP contribution >= 0.6 is 0 Å². The quantitative estimate of drug-likeness (QED) is 0.538. The number of nitrogen functional groups attached to an aromatic ring is 1. The average Bonchev–Trinajstić information content (AvgIpc) is 2.80. The Morgan fingerprint density at radius 1 is 1.06 bits per heavy atom. The van der Waals surface area contributed by atoms with E-state index in [0.29, 0.717) is 12.2 Å². The van der Waals surface area contributed by atoms with Gasteiger partial charge in [0, 0.05) is 6.20 Å². The minimum atomic E-state index is -0.424. The number of likely N-dealkylation sites (tertiary alicyclic amines) is 1. The lowest BCUT2D eigenvalue weighted by Crippen LogP contribution is -2.70. The third-order valence-corrected chi connectivity index (χ3v) is 5.56. The number of nitrogens with one attached hydrogen (secondary N) is 2. The summed E-state index contributed by atoms with van der Waals surface area (Å²) in [6.45, 7) is 0. The Labute approximate surface area is 181 Å². The molecule has 1 aliphatic heterocycles. The molecule has 0 spiro atoms. The van der Waals surface area contributed by atoms with Crippen LogP contribution in [0.15, 0.2) is 79.0 Å². The molecule has 3 amide bonds. The first-order valence-electron chi connectivity index (χ1n) is 10.2. The van der Waals surface area contributed by atoms with Crippen molar-refractivity contribution in [3.63, 3.8) is 0 Å². The number of hydrogen-bond acceptors (Lipinski definition) is 5. The lowest BCUT2D eigenvalue weighted by atomic mass is 9.87. The van der Waals surface area contributed by atoms with Crippen molar-refractivity contribution in [1.82, 2.24) is 20.5 Å². The second kappa shape index (κ2) is 8.97. The van der Waals surface area contributed by atoms with Crippen molar-refractivity contribution >= 4 is 17.8 Å². The van der Waals surface area contributed by atoms with Gasteiger partial charge in [-0.3, -0.25) is 10.1 Å². The minimum Gasteiger partial charge on any atom is -0.384 e. The zero-order chi connectivity index (χ0) is 21.8. The van der Waals surface area contributed by atoms with Crippen molar-refractivity contribution in [3.8, 4) is 0 Å². The smallest absolute Gasteiger partial charge is 0.326 e. The first-order chi connectivity index (χ1) is 15.1. The molecule has 0 saturated carbocycles. The molecular formula is C24H25N5O2. The van der Waals surface area contributed by atoms with Crippen LogP contribution in [0.4, 0.5) is 10.6 Å². The summed E-state index contributed by atoms with van der Waals surface area (Å²) in [5.74, 6) is -0.148. The van der Waals surface area contributed by atoms with E-state index in [9.17, 15) is 9.59 Å². The van der Waals surface area contributed by atoms with Gasteiger partial charge in [0.2, 0.25) is 5.91 Å². The van der Waals surface area contributed by atoms with Gasteiger partial charge >= 0.3 is 6.03 Å². The van der Waals surface area contributed by atoms with E-state index in [2.05, 4.69) is 15.6 Å². The van der Waals surface area contributed by atoms with Crippen LogP contribution in [-0.4, -0.2) is 35.0 Å². The molecule has 0 aliphatic carbocycles. The highest BCUT2D eigenvalue weighted by Gasteiger charge is 2.50. The number of rotatable bonds is 6. The molecule has 1 aromatic heterocycles. The molecular weight excluding hydrogens is 390 g/mol. The molecule has 0 bridgehead atoms. The van der Waals surface area contributed by atoms with Crippen molar-refractivity contribution < 1.29 is 9.59 Å². The predicted molar refractivity (Wildman–Crippen MR) is 119 cm³/mol. The van der Waals surface area contributed by atoms with Crippen LogP contribution in [-0.2, 0) is 11.2 Å². The number of amides is 3. The number of nitrogens with zero attached hydrogens (tertiary/aromatic N) is 2. The first kappa shape index (κ1) is 20.6. The normalized spacial score (nSPS) is 18.0. The second-order valence-electron chi connectivity index (χ2n) is 7.55. The Balaban J connectivity index is 1.52. The molecule has 1 fully saturated rings. The van der Waals surface area contributed by atoms with E-state index >= 15 is 0 Å². The molecule has 2 heterocycles. The molecule has 3 aromatic rings. The van der Waals surface area contributed by atoms with Crippen molar-refractivity contribution in [1.29, 1.82) is 0 Å². The number of urea groups is 1. The Hall–Kier alpha value is -3.71. The monoisotopic (exact) mass is 415 g/mol. The van der Waals surface area contributed by atoms with Gasteiger partial charge in [-0.1, -0.05) is 60.7 Å². The molecule has 4 N–H and O–H groups in total. The SMILES string of the molecule is CNC1C(Cc2ccnc(N)c2)C(=O)N1C(=O)NC(c1ccccc1)c1ccccc1. The number of hydrogen-bond donors (Lipinski definition) is 3. The Bertz CT molecular complexity index is 1020. The lowest BCUT2D eigenvalue weighted by Gasteiger charge is -2.45. The summed E-state index contributed by atoms with van der Waals surface area (Å²) < 4.78 is 0. The van der Waals surface area contributed by atoms with Gasteiger partial charge in [0.15, 0.2) is 0 Å². The fraction of sp³-hybridized carbons (Fsp3) is 0.208. The fourth-order valence-electron chi connectivity index (χ4n) is 4.02. The number of carbonyl (C=O) groups is 2. The summed E-state index contributed by atoms with van der Waals surface area (Å²) in [6.07, 6.45) is 1.72. The number of pyridine rings is 1. The highest BCUT2D eigenvalue weighted by molar-refractivity contribution is 6.01. The van der Waals surface area contributed by atoms with E-state index in [-0.39, 0.29) is 17.9 Å². The van der Waals surface area contributed by atoms with Gasteiger partial charge in [0.25, 0.3) is 0 Å². The molecule has 0 radical (unpaired) electrons. The summed E-state index contributed by atoms with van der Waals surface area (Å²) >= 11 is 0. The fourth-order valence-corrected chi connectivity index (χ4v) is 4.02. The number of carbonyl (C=O) groups excluding carboxylic acids is 2. The van der Waals surface area contributed by atoms with Crippen LogP contribution in [0, 0.1) is 5.92 Å². The van der Waals surface area contributed by atoms with Crippen LogP contribution in [0.25, 0.3) is 0 Å². The lowest BCUT2D eigenvalue weighted by molar-refractivity contribution is -0.151. The number of imide groups is 1. The Morgan fingerprint density at radius 2 is 1.68 bits per heavy atom. The summed E-state index contributed by atoms with van der Waals surface area (Å²) in [5.41, 5.74) is 8.55. The summed E-state index contributed by atoms with van der Waals surface area (Å²) in [5, 5.41) is 6.13. The average molecular weight is 415 g/mol. The highest BCUT2D eigenvalue weighted by atomic mass is 16.2. The van der Waals surface area contributed by atoms with Crippen molar-refractivity contribution in [2.24, 2.45) is 5.92 Å². The maximum Gasteiger partial charge on any atom is 0.326 e. The van der Waals surface area contributed by atoms with Crippen LogP contribution < -0.4 is 16.4 Å². The van der Waals surface area contributed by atoms with E-state index in [0.717, 1.165) is 16.7 Å². The van der Waals surface area contributed by atoms with Crippen LogP contribution in [0.5, 0.6) is 0 Å². The maximum atomic E-state index is 13.1. The van der Waals surface area contributed by atoms with Crippen LogP contribution in [0.3, 0.4) is 0 Å². The third-order valence-electron chi connectivity index (χ3n) is 5.56. The molecule has 1 aliphatic rings. The molecule has 158 valence electrons. The number of anilines is 1. The van der Waals surface area contributed by atoms with Gasteiger partial charge in [-0.2, -0.15) is 0 Å². The topological polar surface area (TPSA) is 100 Å². The maximum absolute atomic E-state index is 13.1. The molecule has 7 heteroatoms. The van der Waals surface area contributed by atoms with Gasteiger partial charge in [-0.05, 0) is 42.3 Å². The third kappa shape index (κ3) is 4.27. The number of nitrogens with two attached hydrogens (primary N) is 1. The number of aromatic nitrogens is 1.